The van der Waals surface area contributed by atoms with Gasteiger partial charge in [-0.05, 0) is 17.7 Å². The number of thioether (sulfide) groups is 1. The maximum Gasteiger partial charge on any atom is 0.289 e. The molecule has 1 fully saturated rings. The average Bonchev–Trinajstić information content (AvgIpc) is 2.92. The summed E-state index contributed by atoms with van der Waals surface area (Å²) >= 11 is 1.03. The van der Waals surface area contributed by atoms with Crippen LogP contribution in [0, 0.1) is 0 Å². The van der Waals surface area contributed by atoms with Crippen molar-refractivity contribution in [1.29, 1.82) is 0 Å². The Labute approximate surface area is 138 Å². The Morgan fingerprint density at radius 1 is 1.04 bits per heavy atom. The summed E-state index contributed by atoms with van der Waals surface area (Å²) in [6, 6.07) is 19.1. The number of rotatable bonds is 5. The second kappa shape index (κ2) is 7.11. The van der Waals surface area contributed by atoms with Crippen molar-refractivity contribution in [3.05, 3.63) is 66.2 Å². The molecule has 2 aromatic rings. The van der Waals surface area contributed by atoms with Crippen LogP contribution in [0.1, 0.15) is 5.56 Å². The third-order valence-corrected chi connectivity index (χ3v) is 4.21. The molecule has 0 saturated carbocycles. The molecule has 2 aromatic carbocycles. The summed E-state index contributed by atoms with van der Waals surface area (Å²) in [5.41, 5.74) is 5.33. The molecule has 1 saturated heterocycles. The Hall–Kier alpha value is -2.60. The number of hydrazone groups is 1. The minimum atomic E-state index is -0.224. The lowest BCUT2D eigenvalue weighted by Crippen LogP contribution is -2.34. The molecule has 1 N–H and O–H groups in total. The van der Waals surface area contributed by atoms with E-state index in [0.717, 1.165) is 23.0 Å². The van der Waals surface area contributed by atoms with Gasteiger partial charge in [0.15, 0.2) is 0 Å². The molecule has 0 unspecified atom stereocenters. The molecule has 0 aromatic heterocycles. The molecule has 1 heterocycles. The van der Waals surface area contributed by atoms with E-state index in [9.17, 15) is 9.59 Å². The number of hydrogen-bond donors (Lipinski definition) is 1. The van der Waals surface area contributed by atoms with Crippen LogP contribution < -0.4 is 5.43 Å². The molecule has 1 aliphatic rings. The molecule has 2 amide bonds. The number of para-hydroxylation sites is 1. The van der Waals surface area contributed by atoms with Gasteiger partial charge in [-0.1, -0.05) is 60.3 Å². The Kier molecular flexibility index (Phi) is 4.73. The van der Waals surface area contributed by atoms with Gasteiger partial charge in [0.1, 0.15) is 0 Å². The smallest absolute Gasteiger partial charge is 0.278 e. The van der Waals surface area contributed by atoms with E-state index in [2.05, 4.69) is 10.5 Å². The molecule has 1 aliphatic heterocycles. The van der Waals surface area contributed by atoms with Crippen LogP contribution in [0.5, 0.6) is 0 Å². The predicted octanol–water partition coefficient (Wildman–Crippen LogP) is 3.20. The summed E-state index contributed by atoms with van der Waals surface area (Å²) in [5.74, 6) is 0.0239. The van der Waals surface area contributed by atoms with Crippen LogP contribution in [-0.2, 0) is 4.79 Å². The monoisotopic (exact) mass is 325 g/mol. The summed E-state index contributed by atoms with van der Waals surface area (Å²) in [6.07, 6.45) is 0. The summed E-state index contributed by atoms with van der Waals surface area (Å²) in [7, 11) is 0. The highest BCUT2D eigenvalue weighted by Crippen LogP contribution is 2.19. The third-order valence-electron chi connectivity index (χ3n) is 3.35. The van der Waals surface area contributed by atoms with Crippen molar-refractivity contribution < 1.29 is 9.59 Å². The van der Waals surface area contributed by atoms with Crippen molar-refractivity contribution in [3.8, 4) is 0 Å². The maximum atomic E-state index is 11.8. The Morgan fingerprint density at radius 2 is 1.70 bits per heavy atom. The van der Waals surface area contributed by atoms with Gasteiger partial charge in [-0.2, -0.15) is 5.10 Å². The molecular weight excluding hydrogens is 310 g/mol. The minimum absolute atomic E-state index is 0.161. The fourth-order valence-corrected chi connectivity index (χ4v) is 2.88. The number of carbonyl (C=O) groups excluding carboxylic acids is 2. The number of carbonyl (C=O) groups is 2. The van der Waals surface area contributed by atoms with Crippen LogP contribution in [0.3, 0.4) is 0 Å². The Morgan fingerprint density at radius 3 is 2.30 bits per heavy atom. The first-order chi connectivity index (χ1) is 11.2. The minimum Gasteiger partial charge on any atom is -0.278 e. The number of hydrogen-bond acceptors (Lipinski definition) is 5. The van der Waals surface area contributed by atoms with Crippen molar-refractivity contribution >= 4 is 34.3 Å². The molecule has 0 spiro atoms. The lowest BCUT2D eigenvalue weighted by atomic mass is 10.1. The van der Waals surface area contributed by atoms with E-state index in [4.69, 9.17) is 0 Å². The zero-order valence-corrected chi connectivity index (χ0v) is 13.1. The zero-order chi connectivity index (χ0) is 16.1. The van der Waals surface area contributed by atoms with Crippen LogP contribution in [0.25, 0.3) is 0 Å². The number of benzene rings is 2. The molecule has 0 atom stereocenters. The van der Waals surface area contributed by atoms with Crippen LogP contribution in [-0.4, -0.2) is 34.1 Å². The van der Waals surface area contributed by atoms with E-state index < -0.39 is 0 Å². The van der Waals surface area contributed by atoms with Crippen molar-refractivity contribution in [3.63, 3.8) is 0 Å². The summed E-state index contributed by atoms with van der Waals surface area (Å²) in [6.45, 7) is 0.161. The molecule has 6 heteroatoms. The van der Waals surface area contributed by atoms with Crippen molar-refractivity contribution in [2.24, 2.45) is 5.10 Å². The number of nitrogens with one attached hydrogen (secondary N) is 1. The van der Waals surface area contributed by atoms with Crippen LogP contribution in [0.15, 0.2) is 65.8 Å². The van der Waals surface area contributed by atoms with Crippen LogP contribution in [0.2, 0.25) is 0 Å². The SMILES string of the molecule is O=C1CSC(=O)N1C/C(=N\Nc1ccccc1)c1ccccc1. The fraction of sp³-hybridized carbons (Fsp3) is 0.118. The van der Waals surface area contributed by atoms with Gasteiger partial charge in [-0.15, -0.1) is 0 Å². The second-order valence-corrected chi connectivity index (χ2v) is 5.86. The van der Waals surface area contributed by atoms with E-state index in [1.54, 1.807) is 0 Å². The lowest BCUT2D eigenvalue weighted by Gasteiger charge is -2.15. The van der Waals surface area contributed by atoms with E-state index in [1.165, 1.54) is 4.90 Å². The van der Waals surface area contributed by atoms with Crippen molar-refractivity contribution in [1.82, 2.24) is 4.90 Å². The lowest BCUT2D eigenvalue weighted by molar-refractivity contribution is -0.124. The average molecular weight is 325 g/mol. The van der Waals surface area contributed by atoms with Gasteiger partial charge >= 0.3 is 0 Å². The highest BCUT2D eigenvalue weighted by molar-refractivity contribution is 8.14. The summed E-state index contributed by atoms with van der Waals surface area (Å²) < 4.78 is 0. The molecule has 0 radical (unpaired) electrons. The third kappa shape index (κ3) is 3.78. The van der Waals surface area contributed by atoms with Gasteiger partial charge in [-0.3, -0.25) is 19.9 Å². The van der Waals surface area contributed by atoms with Gasteiger partial charge in [0, 0.05) is 0 Å². The molecule has 5 nitrogen and oxygen atoms in total. The van der Waals surface area contributed by atoms with E-state index in [0.29, 0.717) is 5.71 Å². The summed E-state index contributed by atoms with van der Waals surface area (Å²) in [5, 5.41) is 4.18. The highest BCUT2D eigenvalue weighted by atomic mass is 32.2. The fourth-order valence-electron chi connectivity index (χ4n) is 2.15. The number of nitrogens with zero attached hydrogens (tertiary/aromatic N) is 2. The quantitative estimate of drug-likeness (QED) is 0.677. The molecular formula is C17H15N3O2S. The molecule has 116 valence electrons. The normalized spacial score (nSPS) is 15.1. The van der Waals surface area contributed by atoms with Gasteiger partial charge in [0.2, 0.25) is 5.91 Å². The summed E-state index contributed by atoms with van der Waals surface area (Å²) in [4.78, 5) is 24.9. The van der Waals surface area contributed by atoms with Crippen LogP contribution in [0.4, 0.5) is 10.5 Å². The van der Waals surface area contributed by atoms with Gasteiger partial charge in [0.05, 0.1) is 23.7 Å². The largest absolute Gasteiger partial charge is 0.289 e. The number of anilines is 1. The Balaban J connectivity index is 1.85. The maximum absolute atomic E-state index is 11.8. The van der Waals surface area contributed by atoms with E-state index >= 15 is 0 Å². The standard InChI is InChI=1S/C17H15N3O2S/c21-16-12-23-17(22)20(16)11-15(13-7-3-1-4-8-13)19-18-14-9-5-2-6-10-14/h1-10,18H,11-12H2/b19-15+. The predicted molar refractivity (Wildman–Crippen MR) is 92.6 cm³/mol. The van der Waals surface area contributed by atoms with Crippen LogP contribution >= 0.6 is 11.8 Å². The van der Waals surface area contributed by atoms with Crippen molar-refractivity contribution in [2.75, 3.05) is 17.7 Å². The highest BCUT2D eigenvalue weighted by Gasteiger charge is 2.31. The first-order valence-electron chi connectivity index (χ1n) is 7.14. The number of amides is 2. The number of imide groups is 1. The first kappa shape index (κ1) is 15.3. The van der Waals surface area contributed by atoms with Crippen molar-refractivity contribution in [2.45, 2.75) is 0 Å². The Bertz CT molecular complexity index is 716. The topological polar surface area (TPSA) is 61.8 Å². The zero-order valence-electron chi connectivity index (χ0n) is 12.3. The van der Waals surface area contributed by atoms with Gasteiger partial charge < -0.3 is 0 Å². The molecule has 0 bridgehead atoms. The molecule has 0 aliphatic carbocycles. The molecule has 3 rings (SSSR count). The van der Waals surface area contributed by atoms with E-state index in [-0.39, 0.29) is 23.4 Å². The van der Waals surface area contributed by atoms with Gasteiger partial charge in [-0.25, -0.2) is 0 Å². The first-order valence-corrected chi connectivity index (χ1v) is 8.13. The second-order valence-electron chi connectivity index (χ2n) is 4.94. The van der Waals surface area contributed by atoms with Gasteiger partial charge in [0.25, 0.3) is 5.24 Å². The molecule has 23 heavy (non-hydrogen) atoms. The van der Waals surface area contributed by atoms with E-state index in [1.807, 2.05) is 60.7 Å².